The Morgan fingerprint density at radius 2 is 1.50 bits per heavy atom. The summed E-state index contributed by atoms with van der Waals surface area (Å²) in [4.78, 5) is 0. The monoisotopic (exact) mass is 212 g/mol. The summed E-state index contributed by atoms with van der Waals surface area (Å²) in [6.45, 7) is 4.16. The van der Waals surface area contributed by atoms with Gasteiger partial charge in [-0.2, -0.15) is 0 Å². The molecule has 2 aromatic carbocycles. The van der Waals surface area contributed by atoms with Crippen molar-refractivity contribution in [3.63, 3.8) is 0 Å². The molecule has 2 rings (SSSR count). The van der Waals surface area contributed by atoms with E-state index >= 15 is 0 Å². The van der Waals surface area contributed by atoms with E-state index in [0.29, 0.717) is 11.4 Å². The van der Waals surface area contributed by atoms with Gasteiger partial charge in [-0.1, -0.05) is 41.5 Å². The van der Waals surface area contributed by atoms with Crippen molar-refractivity contribution in [1.82, 2.24) is 0 Å². The molecule has 0 heterocycles. The fourth-order valence-electron chi connectivity index (χ4n) is 1.96. The molecule has 16 heavy (non-hydrogen) atoms. The van der Waals surface area contributed by atoms with Gasteiger partial charge in [0, 0.05) is 5.56 Å². The fraction of sp³-hybridized carbons (Fsp3) is 0.143. The van der Waals surface area contributed by atoms with Gasteiger partial charge in [0.1, 0.15) is 0 Å². The Morgan fingerprint density at radius 3 is 2.12 bits per heavy atom. The molecular weight excluding hydrogens is 196 g/mol. The molecule has 2 nitrogen and oxygen atoms in total. The van der Waals surface area contributed by atoms with E-state index in [1.54, 1.807) is 0 Å². The van der Waals surface area contributed by atoms with Gasteiger partial charge in [0.05, 0.1) is 11.4 Å². The van der Waals surface area contributed by atoms with Gasteiger partial charge in [0.2, 0.25) is 0 Å². The summed E-state index contributed by atoms with van der Waals surface area (Å²) in [6.07, 6.45) is 0. The first-order valence-electron chi connectivity index (χ1n) is 5.30. The number of para-hydroxylation sites is 1. The first kappa shape index (κ1) is 10.6. The summed E-state index contributed by atoms with van der Waals surface area (Å²) in [6, 6.07) is 12.1. The van der Waals surface area contributed by atoms with Crippen LogP contribution in [0.4, 0.5) is 11.4 Å². The molecule has 2 heteroatoms. The maximum atomic E-state index is 5.99. The molecule has 0 aliphatic rings. The highest BCUT2D eigenvalue weighted by Crippen LogP contribution is 2.31. The van der Waals surface area contributed by atoms with Crippen LogP contribution in [0.1, 0.15) is 11.1 Å². The maximum Gasteiger partial charge on any atom is 0.0627 e. The highest BCUT2D eigenvalue weighted by atomic mass is 14.7. The molecule has 0 aliphatic heterocycles. The normalized spacial score (nSPS) is 10.4. The van der Waals surface area contributed by atoms with Gasteiger partial charge >= 0.3 is 0 Å². The minimum absolute atomic E-state index is 0.636. The highest BCUT2D eigenvalue weighted by molar-refractivity contribution is 5.84. The third-order valence-electron chi connectivity index (χ3n) is 2.67. The van der Waals surface area contributed by atoms with Crippen LogP contribution in [0.5, 0.6) is 0 Å². The van der Waals surface area contributed by atoms with E-state index < -0.39 is 0 Å². The van der Waals surface area contributed by atoms with E-state index in [1.165, 1.54) is 11.1 Å². The zero-order valence-electron chi connectivity index (χ0n) is 9.62. The van der Waals surface area contributed by atoms with Crippen LogP contribution in [0.3, 0.4) is 0 Å². The largest absolute Gasteiger partial charge is 0.397 e. The van der Waals surface area contributed by atoms with Crippen molar-refractivity contribution >= 4 is 11.4 Å². The molecule has 0 spiro atoms. The molecule has 0 fully saturated rings. The van der Waals surface area contributed by atoms with E-state index in [4.69, 9.17) is 11.5 Å². The van der Waals surface area contributed by atoms with Crippen molar-refractivity contribution in [2.24, 2.45) is 0 Å². The fourth-order valence-corrected chi connectivity index (χ4v) is 1.96. The third kappa shape index (κ3) is 1.87. The van der Waals surface area contributed by atoms with Crippen LogP contribution in [-0.2, 0) is 0 Å². The topological polar surface area (TPSA) is 52.0 Å². The molecule has 4 N–H and O–H groups in total. The van der Waals surface area contributed by atoms with Crippen molar-refractivity contribution in [3.05, 3.63) is 47.5 Å². The zero-order valence-corrected chi connectivity index (χ0v) is 9.62. The molecule has 0 bridgehead atoms. The number of anilines is 2. The second-order valence-electron chi connectivity index (χ2n) is 4.18. The minimum Gasteiger partial charge on any atom is -0.397 e. The molecule has 82 valence electrons. The Balaban J connectivity index is 2.63. The molecule has 0 atom stereocenters. The Bertz CT molecular complexity index is 510. The lowest BCUT2D eigenvalue weighted by molar-refractivity contribution is 1.38. The second-order valence-corrected chi connectivity index (χ2v) is 4.18. The predicted octanol–water partition coefficient (Wildman–Crippen LogP) is 3.13. The molecule has 0 amide bonds. The molecule has 0 aromatic heterocycles. The highest BCUT2D eigenvalue weighted by Gasteiger charge is 2.05. The van der Waals surface area contributed by atoms with Crippen LogP contribution in [0.2, 0.25) is 0 Å². The van der Waals surface area contributed by atoms with Gasteiger partial charge in [-0.15, -0.1) is 0 Å². The van der Waals surface area contributed by atoms with Crippen LogP contribution >= 0.6 is 0 Å². The molecule has 2 aromatic rings. The average Bonchev–Trinajstić information content (AvgIpc) is 2.20. The summed E-state index contributed by atoms with van der Waals surface area (Å²) in [5.41, 5.74) is 17.7. The lowest BCUT2D eigenvalue weighted by Gasteiger charge is -2.10. The Hall–Kier alpha value is -1.96. The molecule has 0 unspecified atom stereocenters. The summed E-state index contributed by atoms with van der Waals surface area (Å²) in [5, 5.41) is 0. The number of aryl methyl sites for hydroxylation is 2. The van der Waals surface area contributed by atoms with Crippen LogP contribution in [0, 0.1) is 13.8 Å². The zero-order chi connectivity index (χ0) is 11.7. The second kappa shape index (κ2) is 3.89. The maximum absolute atomic E-state index is 5.99. The van der Waals surface area contributed by atoms with Gasteiger partial charge in [-0.05, 0) is 25.5 Å². The number of benzene rings is 2. The van der Waals surface area contributed by atoms with Crippen LogP contribution in [0.25, 0.3) is 11.1 Å². The van der Waals surface area contributed by atoms with Crippen molar-refractivity contribution in [2.75, 3.05) is 11.5 Å². The lowest BCUT2D eigenvalue weighted by Crippen LogP contribution is -1.97. The molecular formula is C14H16N2. The quantitative estimate of drug-likeness (QED) is 0.713. The Morgan fingerprint density at radius 1 is 0.875 bits per heavy atom. The summed E-state index contributed by atoms with van der Waals surface area (Å²) < 4.78 is 0. The summed E-state index contributed by atoms with van der Waals surface area (Å²) in [7, 11) is 0. The molecule has 0 saturated heterocycles. The van der Waals surface area contributed by atoms with E-state index in [0.717, 1.165) is 11.1 Å². The van der Waals surface area contributed by atoms with Gasteiger partial charge in [-0.25, -0.2) is 0 Å². The first-order chi connectivity index (χ1) is 7.58. The van der Waals surface area contributed by atoms with Crippen LogP contribution in [-0.4, -0.2) is 0 Å². The van der Waals surface area contributed by atoms with Gasteiger partial charge in [-0.3, -0.25) is 0 Å². The molecule has 0 radical (unpaired) electrons. The van der Waals surface area contributed by atoms with E-state index in [-0.39, 0.29) is 0 Å². The van der Waals surface area contributed by atoms with Crippen molar-refractivity contribution in [1.29, 1.82) is 0 Å². The number of nitrogens with two attached hydrogens (primary N) is 2. The number of nitrogen functional groups attached to an aromatic ring is 2. The summed E-state index contributed by atoms with van der Waals surface area (Å²) >= 11 is 0. The van der Waals surface area contributed by atoms with Gasteiger partial charge in [0.25, 0.3) is 0 Å². The van der Waals surface area contributed by atoms with E-state index in [1.807, 2.05) is 18.2 Å². The predicted molar refractivity (Wildman–Crippen MR) is 70.2 cm³/mol. The number of hydrogen-bond acceptors (Lipinski definition) is 2. The number of rotatable bonds is 1. The molecule has 0 aliphatic carbocycles. The minimum atomic E-state index is 0.636. The average molecular weight is 212 g/mol. The van der Waals surface area contributed by atoms with Crippen LogP contribution in [0.15, 0.2) is 36.4 Å². The van der Waals surface area contributed by atoms with E-state index in [2.05, 4.69) is 32.0 Å². The summed E-state index contributed by atoms with van der Waals surface area (Å²) in [5.74, 6) is 0. The van der Waals surface area contributed by atoms with Crippen molar-refractivity contribution in [3.8, 4) is 11.1 Å². The lowest BCUT2D eigenvalue weighted by atomic mass is 9.99. The Labute approximate surface area is 95.9 Å². The molecule has 0 saturated carbocycles. The number of hydrogen-bond donors (Lipinski definition) is 2. The van der Waals surface area contributed by atoms with Gasteiger partial charge < -0.3 is 11.5 Å². The SMILES string of the molecule is Cc1cc(C)cc(-c2cccc(N)c2N)c1. The smallest absolute Gasteiger partial charge is 0.0627 e. The third-order valence-corrected chi connectivity index (χ3v) is 2.67. The first-order valence-corrected chi connectivity index (χ1v) is 5.30. The van der Waals surface area contributed by atoms with Gasteiger partial charge in [0.15, 0.2) is 0 Å². The van der Waals surface area contributed by atoms with Crippen LogP contribution < -0.4 is 11.5 Å². The van der Waals surface area contributed by atoms with E-state index in [9.17, 15) is 0 Å². The van der Waals surface area contributed by atoms with Crippen molar-refractivity contribution < 1.29 is 0 Å². The Kier molecular flexibility index (Phi) is 2.57. The van der Waals surface area contributed by atoms with Crippen molar-refractivity contribution in [2.45, 2.75) is 13.8 Å². The standard InChI is InChI=1S/C14H16N2/c1-9-6-10(2)8-11(7-9)12-4-3-5-13(15)14(12)16/h3-8H,15-16H2,1-2H3.